The van der Waals surface area contributed by atoms with Gasteiger partial charge in [-0.2, -0.15) is 0 Å². The van der Waals surface area contributed by atoms with Crippen LogP contribution >= 0.6 is 0 Å². The van der Waals surface area contributed by atoms with Crippen molar-refractivity contribution in [2.45, 2.75) is 45.3 Å². The van der Waals surface area contributed by atoms with E-state index in [0.29, 0.717) is 44.5 Å². The van der Waals surface area contributed by atoms with Gasteiger partial charge in [0.15, 0.2) is 17.8 Å². The van der Waals surface area contributed by atoms with Crippen LogP contribution in [0.3, 0.4) is 0 Å². The molecule has 1 saturated heterocycles. The second-order valence-electron chi connectivity index (χ2n) is 8.37. The Morgan fingerprint density at radius 3 is 2.39 bits per heavy atom. The van der Waals surface area contributed by atoms with Crippen LogP contribution in [-0.4, -0.2) is 38.2 Å². The lowest BCUT2D eigenvalue weighted by molar-refractivity contribution is -0.168. The molecule has 0 spiro atoms. The lowest BCUT2D eigenvalue weighted by Crippen LogP contribution is -2.22. The molecule has 1 atom stereocenters. The highest BCUT2D eigenvalue weighted by Gasteiger charge is 2.14. The lowest BCUT2D eigenvalue weighted by atomic mass is 10.2. The van der Waals surface area contributed by atoms with Crippen LogP contribution in [0.1, 0.15) is 36.2 Å². The Balaban J connectivity index is 1.18. The number of nitrogens with zero attached hydrogens (tertiary/aromatic N) is 1. The van der Waals surface area contributed by atoms with Gasteiger partial charge in [0, 0.05) is 13.2 Å². The van der Waals surface area contributed by atoms with Crippen molar-refractivity contribution in [1.29, 1.82) is 0 Å². The molecule has 0 aliphatic carbocycles. The van der Waals surface area contributed by atoms with Crippen molar-refractivity contribution in [1.82, 2.24) is 4.98 Å². The summed E-state index contributed by atoms with van der Waals surface area (Å²) in [6.45, 7) is 2.80. The largest absolute Gasteiger partial charge is 0.493 e. The molecule has 8 heteroatoms. The summed E-state index contributed by atoms with van der Waals surface area (Å²) in [5.74, 6) is 2.80. The lowest BCUT2D eigenvalue weighted by Gasteiger charge is -2.22. The van der Waals surface area contributed by atoms with Gasteiger partial charge in [-0.25, -0.2) is 0 Å². The molecule has 2 aromatic carbocycles. The van der Waals surface area contributed by atoms with E-state index in [0.717, 1.165) is 54.3 Å². The maximum absolute atomic E-state index is 5.87. The highest BCUT2D eigenvalue weighted by molar-refractivity contribution is 5.42. The van der Waals surface area contributed by atoms with Gasteiger partial charge < -0.3 is 34.2 Å². The van der Waals surface area contributed by atoms with Crippen LogP contribution in [0.5, 0.6) is 23.0 Å². The smallest absolute Gasteiger partial charge is 0.161 e. The van der Waals surface area contributed by atoms with Gasteiger partial charge in [-0.15, -0.1) is 0 Å². The maximum Gasteiger partial charge on any atom is 0.161 e. The molecule has 1 aliphatic heterocycles. The first-order chi connectivity index (χ1) is 17.7. The standard InChI is InChI=1S/C28H34N2O6/c1-31-27-17-21(19-36-28-7-2-3-14-34-28)8-13-26(27)33-16-15-32-24-9-11-25(12-10-24)35-20-23-6-4-5-22(18-29)30-23/h4-6,8-13,17,28H,2-3,7,14-16,18-20,29H2,1H3. The molecule has 1 aliphatic rings. The van der Waals surface area contributed by atoms with Gasteiger partial charge in [-0.05, 0) is 73.4 Å². The Morgan fingerprint density at radius 1 is 0.861 bits per heavy atom. The number of pyridine rings is 1. The van der Waals surface area contributed by atoms with Gasteiger partial charge in [0.1, 0.15) is 31.3 Å². The molecule has 0 radical (unpaired) electrons. The summed E-state index contributed by atoms with van der Waals surface area (Å²) in [7, 11) is 1.63. The molecule has 0 saturated carbocycles. The van der Waals surface area contributed by atoms with Crippen LogP contribution in [0.25, 0.3) is 0 Å². The van der Waals surface area contributed by atoms with Crippen molar-refractivity contribution < 1.29 is 28.4 Å². The average Bonchev–Trinajstić information content (AvgIpc) is 2.94. The van der Waals surface area contributed by atoms with E-state index in [9.17, 15) is 0 Å². The fourth-order valence-corrected chi connectivity index (χ4v) is 3.78. The molecule has 1 aromatic heterocycles. The van der Waals surface area contributed by atoms with E-state index in [1.165, 1.54) is 0 Å². The third-order valence-electron chi connectivity index (χ3n) is 5.70. The Kier molecular flexibility index (Phi) is 9.78. The highest BCUT2D eigenvalue weighted by atomic mass is 16.7. The van der Waals surface area contributed by atoms with Crippen LogP contribution in [0.4, 0.5) is 0 Å². The van der Waals surface area contributed by atoms with E-state index in [2.05, 4.69) is 4.98 Å². The first kappa shape index (κ1) is 25.8. The number of methoxy groups -OCH3 is 1. The number of ether oxygens (including phenoxy) is 6. The number of aromatic nitrogens is 1. The van der Waals surface area contributed by atoms with Crippen LogP contribution in [0.15, 0.2) is 60.7 Å². The van der Waals surface area contributed by atoms with E-state index in [4.69, 9.17) is 34.2 Å². The third kappa shape index (κ3) is 7.84. The minimum absolute atomic E-state index is 0.121. The predicted octanol–water partition coefficient (Wildman–Crippen LogP) is 4.63. The van der Waals surface area contributed by atoms with E-state index in [-0.39, 0.29) is 6.29 Å². The summed E-state index contributed by atoms with van der Waals surface area (Å²) in [4.78, 5) is 4.44. The van der Waals surface area contributed by atoms with Gasteiger partial charge in [-0.1, -0.05) is 12.1 Å². The monoisotopic (exact) mass is 494 g/mol. The zero-order chi connectivity index (χ0) is 25.0. The number of rotatable bonds is 13. The average molecular weight is 495 g/mol. The fraction of sp³-hybridized carbons (Fsp3) is 0.393. The summed E-state index contributed by atoms with van der Waals surface area (Å²) in [6, 6.07) is 19.0. The zero-order valence-electron chi connectivity index (χ0n) is 20.7. The van der Waals surface area contributed by atoms with Gasteiger partial charge >= 0.3 is 0 Å². The predicted molar refractivity (Wildman–Crippen MR) is 135 cm³/mol. The summed E-state index contributed by atoms with van der Waals surface area (Å²) >= 11 is 0. The molecule has 2 N–H and O–H groups in total. The van der Waals surface area contributed by atoms with Gasteiger partial charge in [0.2, 0.25) is 0 Å². The molecular weight excluding hydrogens is 460 g/mol. The zero-order valence-corrected chi connectivity index (χ0v) is 20.7. The second kappa shape index (κ2) is 13.7. The Bertz CT molecular complexity index is 1070. The minimum Gasteiger partial charge on any atom is -0.493 e. The summed E-state index contributed by atoms with van der Waals surface area (Å²) in [6.07, 6.45) is 3.06. The number of hydrogen-bond acceptors (Lipinski definition) is 8. The second-order valence-corrected chi connectivity index (χ2v) is 8.37. The van der Waals surface area contributed by atoms with Crippen LogP contribution in [0.2, 0.25) is 0 Å². The van der Waals surface area contributed by atoms with Gasteiger partial charge in [0.05, 0.1) is 25.1 Å². The normalized spacial score (nSPS) is 15.3. The van der Waals surface area contributed by atoms with Gasteiger partial charge in [0.25, 0.3) is 0 Å². The topological polar surface area (TPSA) is 94.3 Å². The molecule has 36 heavy (non-hydrogen) atoms. The first-order valence-corrected chi connectivity index (χ1v) is 12.3. The number of hydrogen-bond donors (Lipinski definition) is 1. The summed E-state index contributed by atoms with van der Waals surface area (Å²) in [5, 5.41) is 0. The fourth-order valence-electron chi connectivity index (χ4n) is 3.78. The minimum atomic E-state index is -0.121. The van der Waals surface area contributed by atoms with Crippen LogP contribution in [0, 0.1) is 0 Å². The number of nitrogens with two attached hydrogens (primary N) is 1. The first-order valence-electron chi connectivity index (χ1n) is 12.3. The molecule has 8 nitrogen and oxygen atoms in total. The molecule has 2 heterocycles. The Labute approximate surface area is 212 Å². The van der Waals surface area contributed by atoms with Crippen LogP contribution in [-0.2, 0) is 29.2 Å². The van der Waals surface area contributed by atoms with Crippen molar-refractivity contribution in [3.8, 4) is 23.0 Å². The maximum atomic E-state index is 5.87. The molecule has 0 bridgehead atoms. The van der Waals surface area contributed by atoms with E-state index in [1.807, 2.05) is 60.7 Å². The van der Waals surface area contributed by atoms with Crippen molar-refractivity contribution in [3.63, 3.8) is 0 Å². The van der Waals surface area contributed by atoms with Crippen molar-refractivity contribution in [2.75, 3.05) is 26.9 Å². The molecule has 0 amide bonds. The van der Waals surface area contributed by atoms with Crippen molar-refractivity contribution in [3.05, 3.63) is 77.6 Å². The summed E-state index contributed by atoms with van der Waals surface area (Å²) < 4.78 is 34.4. The molecule has 4 rings (SSSR count). The molecule has 1 unspecified atom stereocenters. The van der Waals surface area contributed by atoms with Crippen molar-refractivity contribution in [2.24, 2.45) is 5.73 Å². The number of benzene rings is 2. The molecule has 3 aromatic rings. The Hall–Kier alpha value is -3.33. The molecule has 1 fully saturated rings. The van der Waals surface area contributed by atoms with E-state index in [1.54, 1.807) is 7.11 Å². The van der Waals surface area contributed by atoms with Crippen LogP contribution < -0.4 is 24.7 Å². The van der Waals surface area contributed by atoms with E-state index >= 15 is 0 Å². The third-order valence-corrected chi connectivity index (χ3v) is 5.70. The Morgan fingerprint density at radius 2 is 1.64 bits per heavy atom. The quantitative estimate of drug-likeness (QED) is 0.344. The van der Waals surface area contributed by atoms with Gasteiger partial charge in [-0.3, -0.25) is 4.98 Å². The molecular formula is C28H34N2O6. The highest BCUT2D eigenvalue weighted by Crippen LogP contribution is 2.29. The van der Waals surface area contributed by atoms with Crippen molar-refractivity contribution >= 4 is 0 Å². The molecule has 192 valence electrons. The van der Waals surface area contributed by atoms with E-state index < -0.39 is 0 Å². The summed E-state index contributed by atoms with van der Waals surface area (Å²) in [5.41, 5.74) is 8.33. The SMILES string of the molecule is COc1cc(COC2CCCCO2)ccc1OCCOc1ccc(OCc2cccc(CN)n2)cc1.